The van der Waals surface area contributed by atoms with Crippen molar-refractivity contribution in [2.45, 2.75) is 26.8 Å². The van der Waals surface area contributed by atoms with E-state index in [-0.39, 0.29) is 18.6 Å². The zero-order chi connectivity index (χ0) is 12.1. The molecule has 0 unspecified atom stereocenters. The van der Waals surface area contributed by atoms with Gasteiger partial charge in [0.25, 0.3) is 0 Å². The summed E-state index contributed by atoms with van der Waals surface area (Å²) in [6, 6.07) is 0.200. The van der Waals surface area contributed by atoms with E-state index < -0.39 is 0 Å². The zero-order valence-electron chi connectivity index (χ0n) is 10.3. The monoisotopic (exact) mass is 225 g/mol. The minimum Gasteiger partial charge on any atom is -0.465 e. The summed E-state index contributed by atoms with van der Waals surface area (Å²) in [6.07, 6.45) is 3.58. The lowest BCUT2D eigenvalue weighted by Crippen LogP contribution is -2.38. The van der Waals surface area contributed by atoms with Crippen molar-refractivity contribution in [2.24, 2.45) is 7.05 Å². The van der Waals surface area contributed by atoms with Crippen molar-refractivity contribution in [3.8, 4) is 0 Å². The van der Waals surface area contributed by atoms with Crippen molar-refractivity contribution < 1.29 is 9.53 Å². The molecule has 0 aliphatic heterocycles. The van der Waals surface area contributed by atoms with Gasteiger partial charge in [0.05, 0.1) is 6.61 Å². The van der Waals surface area contributed by atoms with Crippen molar-refractivity contribution in [3.63, 3.8) is 0 Å². The summed E-state index contributed by atoms with van der Waals surface area (Å²) in [5.74, 6) is 0.558. The van der Waals surface area contributed by atoms with Gasteiger partial charge in [-0.25, -0.2) is 4.98 Å². The first kappa shape index (κ1) is 12.5. The number of hydrogen-bond acceptors (Lipinski definition) is 4. The van der Waals surface area contributed by atoms with Gasteiger partial charge in [-0.1, -0.05) is 0 Å². The molecule has 0 saturated carbocycles. The Balaban J connectivity index is 2.77. The van der Waals surface area contributed by atoms with E-state index in [4.69, 9.17) is 4.74 Å². The molecule has 0 amide bonds. The maximum Gasteiger partial charge on any atom is 0.325 e. The average molecular weight is 225 g/mol. The number of hydrogen-bond donors (Lipinski definition) is 0. The van der Waals surface area contributed by atoms with Crippen molar-refractivity contribution in [3.05, 3.63) is 12.4 Å². The third-order valence-corrected chi connectivity index (χ3v) is 2.28. The van der Waals surface area contributed by atoms with Crippen molar-refractivity contribution in [1.29, 1.82) is 0 Å². The maximum absolute atomic E-state index is 11.5. The van der Waals surface area contributed by atoms with Crippen molar-refractivity contribution in [2.75, 3.05) is 18.1 Å². The van der Waals surface area contributed by atoms with Gasteiger partial charge in [0.1, 0.15) is 6.54 Å². The summed E-state index contributed by atoms with van der Waals surface area (Å²) in [4.78, 5) is 17.6. The van der Waals surface area contributed by atoms with Gasteiger partial charge in [0.15, 0.2) is 0 Å². The highest BCUT2D eigenvalue weighted by Gasteiger charge is 2.18. The summed E-state index contributed by atoms with van der Waals surface area (Å²) in [5.41, 5.74) is 0. The van der Waals surface area contributed by atoms with E-state index in [1.54, 1.807) is 13.1 Å². The summed E-state index contributed by atoms with van der Waals surface area (Å²) in [6.45, 7) is 6.49. The topological polar surface area (TPSA) is 47.4 Å². The lowest BCUT2D eigenvalue weighted by Gasteiger charge is -2.26. The van der Waals surface area contributed by atoms with Crippen molar-refractivity contribution >= 4 is 11.9 Å². The van der Waals surface area contributed by atoms with Crippen LogP contribution in [-0.4, -0.2) is 34.7 Å². The number of rotatable bonds is 5. The predicted molar refractivity (Wildman–Crippen MR) is 62.3 cm³/mol. The van der Waals surface area contributed by atoms with Gasteiger partial charge in [-0.2, -0.15) is 0 Å². The smallest absolute Gasteiger partial charge is 0.325 e. The van der Waals surface area contributed by atoms with Gasteiger partial charge in [0.2, 0.25) is 5.95 Å². The number of aromatic nitrogens is 2. The Morgan fingerprint density at radius 3 is 2.75 bits per heavy atom. The Bertz CT molecular complexity index is 347. The molecule has 1 aromatic heterocycles. The molecule has 0 saturated heterocycles. The molecule has 1 rings (SSSR count). The molecule has 16 heavy (non-hydrogen) atoms. The number of carbonyl (C=O) groups is 1. The Hall–Kier alpha value is -1.52. The molecule has 0 spiro atoms. The van der Waals surface area contributed by atoms with Gasteiger partial charge < -0.3 is 14.2 Å². The number of ether oxygens (including phenoxy) is 1. The van der Waals surface area contributed by atoms with Crippen LogP contribution in [0.4, 0.5) is 5.95 Å². The lowest BCUT2D eigenvalue weighted by molar-refractivity contribution is -0.141. The third kappa shape index (κ3) is 2.98. The maximum atomic E-state index is 11.5. The van der Waals surface area contributed by atoms with E-state index in [1.807, 2.05) is 36.6 Å². The molecule has 0 aliphatic carbocycles. The Morgan fingerprint density at radius 1 is 1.62 bits per heavy atom. The highest BCUT2D eigenvalue weighted by atomic mass is 16.5. The van der Waals surface area contributed by atoms with Crippen LogP contribution in [0.3, 0.4) is 0 Å². The first-order chi connectivity index (χ1) is 7.56. The van der Waals surface area contributed by atoms with Crippen LogP contribution in [-0.2, 0) is 16.6 Å². The quantitative estimate of drug-likeness (QED) is 0.706. The SMILES string of the molecule is CCOC(=O)CN(c1nccn1C)C(C)C. The molecule has 0 bridgehead atoms. The van der Waals surface area contributed by atoms with Gasteiger partial charge >= 0.3 is 5.97 Å². The number of imidazole rings is 1. The number of nitrogens with zero attached hydrogens (tertiary/aromatic N) is 3. The largest absolute Gasteiger partial charge is 0.465 e. The van der Waals surface area contributed by atoms with E-state index >= 15 is 0 Å². The normalized spacial score (nSPS) is 10.6. The molecule has 0 aromatic carbocycles. The third-order valence-electron chi connectivity index (χ3n) is 2.28. The van der Waals surface area contributed by atoms with Crippen LogP contribution < -0.4 is 4.90 Å². The van der Waals surface area contributed by atoms with Crippen LogP contribution in [0.15, 0.2) is 12.4 Å². The van der Waals surface area contributed by atoms with E-state index in [2.05, 4.69) is 4.98 Å². The number of esters is 1. The van der Waals surface area contributed by atoms with E-state index in [0.29, 0.717) is 6.61 Å². The summed E-state index contributed by atoms with van der Waals surface area (Å²) in [5, 5.41) is 0. The lowest BCUT2D eigenvalue weighted by atomic mass is 10.3. The average Bonchev–Trinajstić information content (AvgIpc) is 2.61. The van der Waals surface area contributed by atoms with Crippen LogP contribution in [0.2, 0.25) is 0 Å². The number of anilines is 1. The first-order valence-corrected chi connectivity index (χ1v) is 5.45. The Kier molecular flexibility index (Phi) is 4.34. The highest BCUT2D eigenvalue weighted by Crippen LogP contribution is 2.13. The van der Waals surface area contributed by atoms with Crippen LogP contribution >= 0.6 is 0 Å². The second-order valence-electron chi connectivity index (χ2n) is 3.86. The summed E-state index contributed by atoms with van der Waals surface area (Å²) >= 11 is 0. The van der Waals surface area contributed by atoms with Crippen LogP contribution in [0.25, 0.3) is 0 Å². The van der Waals surface area contributed by atoms with Crippen LogP contribution in [0.5, 0.6) is 0 Å². The van der Waals surface area contributed by atoms with Gasteiger partial charge in [0, 0.05) is 25.5 Å². The summed E-state index contributed by atoms with van der Waals surface area (Å²) < 4.78 is 6.83. The fraction of sp³-hybridized carbons (Fsp3) is 0.636. The second kappa shape index (κ2) is 5.53. The fourth-order valence-electron chi connectivity index (χ4n) is 1.46. The molecule has 5 nitrogen and oxygen atoms in total. The molecule has 5 heteroatoms. The van der Waals surface area contributed by atoms with E-state index in [9.17, 15) is 4.79 Å². The van der Waals surface area contributed by atoms with Crippen molar-refractivity contribution in [1.82, 2.24) is 9.55 Å². The molecule has 1 aromatic rings. The van der Waals surface area contributed by atoms with Gasteiger partial charge in [-0.3, -0.25) is 4.79 Å². The first-order valence-electron chi connectivity index (χ1n) is 5.45. The summed E-state index contributed by atoms with van der Waals surface area (Å²) in [7, 11) is 1.91. The van der Waals surface area contributed by atoms with Crippen LogP contribution in [0.1, 0.15) is 20.8 Å². The number of carbonyl (C=O) groups excluding carboxylic acids is 1. The van der Waals surface area contributed by atoms with Crippen LogP contribution in [0, 0.1) is 0 Å². The van der Waals surface area contributed by atoms with Gasteiger partial charge in [-0.15, -0.1) is 0 Å². The number of aryl methyl sites for hydroxylation is 1. The van der Waals surface area contributed by atoms with Gasteiger partial charge in [-0.05, 0) is 20.8 Å². The fourth-order valence-corrected chi connectivity index (χ4v) is 1.46. The Morgan fingerprint density at radius 2 is 2.31 bits per heavy atom. The standard InChI is InChI=1S/C11H19N3O2/c1-5-16-10(15)8-14(9(2)3)11-12-6-7-13(11)4/h6-7,9H,5,8H2,1-4H3. The minimum atomic E-state index is -0.223. The minimum absolute atomic E-state index is 0.200. The molecule has 0 radical (unpaired) electrons. The molecular formula is C11H19N3O2. The molecule has 0 fully saturated rings. The molecule has 0 atom stereocenters. The Labute approximate surface area is 96.0 Å². The van der Waals surface area contributed by atoms with E-state index in [0.717, 1.165) is 5.95 Å². The highest BCUT2D eigenvalue weighted by molar-refractivity contribution is 5.75. The van der Waals surface area contributed by atoms with E-state index in [1.165, 1.54) is 0 Å². The molecule has 90 valence electrons. The molecular weight excluding hydrogens is 206 g/mol. The predicted octanol–water partition coefficient (Wildman–Crippen LogP) is 1.20. The molecule has 0 N–H and O–H groups in total. The molecule has 1 heterocycles. The zero-order valence-corrected chi connectivity index (χ0v) is 10.3. The second-order valence-corrected chi connectivity index (χ2v) is 3.86. The molecule has 0 aliphatic rings.